The predicted molar refractivity (Wildman–Crippen MR) is 81.9 cm³/mol. The average molecular weight is 273 g/mol. The monoisotopic (exact) mass is 273 g/mol. The molecule has 0 saturated heterocycles. The molecule has 1 aromatic carbocycles. The van der Waals surface area contributed by atoms with Crippen LogP contribution in [-0.2, 0) is 13.5 Å². The van der Waals surface area contributed by atoms with Gasteiger partial charge in [-0.2, -0.15) is 5.10 Å². The number of hydrogen-bond acceptors (Lipinski definition) is 3. The van der Waals surface area contributed by atoms with E-state index in [1.54, 1.807) is 0 Å². The normalized spacial score (nSPS) is 10.7. The van der Waals surface area contributed by atoms with Gasteiger partial charge in [-0.05, 0) is 37.0 Å². The number of aliphatic hydroxyl groups excluding tert-OH is 1. The molecule has 1 N–H and O–H groups in total. The third kappa shape index (κ3) is 4.38. The van der Waals surface area contributed by atoms with E-state index in [0.717, 1.165) is 32.4 Å². The van der Waals surface area contributed by atoms with Crippen molar-refractivity contribution < 1.29 is 5.11 Å². The molecular weight excluding hydrogens is 250 g/mol. The van der Waals surface area contributed by atoms with E-state index >= 15 is 0 Å². The largest absolute Gasteiger partial charge is 0.396 e. The lowest BCUT2D eigenvalue weighted by atomic mass is 10.2. The molecule has 0 spiro atoms. The Morgan fingerprint density at radius 1 is 1.15 bits per heavy atom. The molecule has 4 nitrogen and oxygen atoms in total. The Morgan fingerprint density at radius 2 is 1.90 bits per heavy atom. The number of para-hydroxylation sites is 1. The van der Waals surface area contributed by atoms with E-state index < -0.39 is 0 Å². The molecule has 108 valence electrons. The van der Waals surface area contributed by atoms with Crippen LogP contribution in [0, 0.1) is 0 Å². The summed E-state index contributed by atoms with van der Waals surface area (Å²) in [4.78, 5) is 2.34. The van der Waals surface area contributed by atoms with Gasteiger partial charge in [0.2, 0.25) is 0 Å². The highest BCUT2D eigenvalue weighted by molar-refractivity contribution is 5.45. The number of aryl methyl sites for hydroxylation is 2. The van der Waals surface area contributed by atoms with Gasteiger partial charge in [-0.3, -0.25) is 4.68 Å². The SMILES string of the molecule is Cn1cc(CCCN(CCCO)c2ccccc2)cn1. The summed E-state index contributed by atoms with van der Waals surface area (Å²) in [5.74, 6) is 0. The van der Waals surface area contributed by atoms with Crippen LogP contribution in [0.25, 0.3) is 0 Å². The maximum Gasteiger partial charge on any atom is 0.0521 e. The van der Waals surface area contributed by atoms with Crippen LogP contribution in [0.5, 0.6) is 0 Å². The van der Waals surface area contributed by atoms with Crippen molar-refractivity contribution in [2.24, 2.45) is 7.05 Å². The Balaban J connectivity index is 1.87. The first-order valence-electron chi connectivity index (χ1n) is 7.18. The van der Waals surface area contributed by atoms with Crippen molar-refractivity contribution in [3.05, 3.63) is 48.3 Å². The summed E-state index contributed by atoms with van der Waals surface area (Å²) in [5.41, 5.74) is 2.51. The molecule has 0 amide bonds. The van der Waals surface area contributed by atoms with Crippen molar-refractivity contribution in [2.75, 3.05) is 24.6 Å². The second-order valence-electron chi connectivity index (χ2n) is 5.03. The van der Waals surface area contributed by atoms with Gasteiger partial charge in [-0.25, -0.2) is 0 Å². The first-order valence-corrected chi connectivity index (χ1v) is 7.18. The van der Waals surface area contributed by atoms with Gasteiger partial charge in [-0.15, -0.1) is 0 Å². The van der Waals surface area contributed by atoms with Gasteiger partial charge in [0, 0.05) is 38.6 Å². The molecule has 0 aliphatic carbocycles. The van der Waals surface area contributed by atoms with Crippen LogP contribution < -0.4 is 4.90 Å². The van der Waals surface area contributed by atoms with Crippen molar-refractivity contribution in [3.8, 4) is 0 Å². The molecule has 1 aromatic heterocycles. The van der Waals surface area contributed by atoms with Crippen molar-refractivity contribution >= 4 is 5.69 Å². The highest BCUT2D eigenvalue weighted by atomic mass is 16.3. The Morgan fingerprint density at radius 3 is 2.55 bits per heavy atom. The average Bonchev–Trinajstić information content (AvgIpc) is 2.89. The number of aromatic nitrogens is 2. The Kier molecular flexibility index (Phi) is 5.62. The molecule has 0 bridgehead atoms. The summed E-state index contributed by atoms with van der Waals surface area (Å²) in [5, 5.41) is 13.2. The highest BCUT2D eigenvalue weighted by Gasteiger charge is 2.06. The number of nitrogens with zero attached hydrogens (tertiary/aromatic N) is 3. The van der Waals surface area contributed by atoms with E-state index in [0.29, 0.717) is 0 Å². The van der Waals surface area contributed by atoms with Crippen LogP contribution in [0.3, 0.4) is 0 Å². The summed E-state index contributed by atoms with van der Waals surface area (Å²) < 4.78 is 1.84. The molecule has 2 aromatic rings. The zero-order valence-corrected chi connectivity index (χ0v) is 12.1. The minimum Gasteiger partial charge on any atom is -0.396 e. The van der Waals surface area contributed by atoms with E-state index in [1.165, 1.54) is 11.3 Å². The van der Waals surface area contributed by atoms with Gasteiger partial charge in [-0.1, -0.05) is 18.2 Å². The summed E-state index contributed by atoms with van der Waals surface area (Å²) in [6, 6.07) is 10.4. The first-order chi connectivity index (χ1) is 9.79. The highest BCUT2D eigenvalue weighted by Crippen LogP contribution is 2.14. The fourth-order valence-electron chi connectivity index (χ4n) is 2.35. The molecular formula is C16H23N3O. The standard InChI is InChI=1S/C16H23N3O/c1-18-14-15(13-17-18)7-5-10-19(11-6-12-20)16-8-3-2-4-9-16/h2-4,8-9,13-14,20H,5-7,10-12H2,1H3. The Hall–Kier alpha value is -1.81. The lowest BCUT2D eigenvalue weighted by Crippen LogP contribution is -2.26. The van der Waals surface area contributed by atoms with Gasteiger partial charge in [0.05, 0.1) is 6.20 Å². The van der Waals surface area contributed by atoms with E-state index in [-0.39, 0.29) is 6.61 Å². The second kappa shape index (κ2) is 7.70. The van der Waals surface area contributed by atoms with Crippen LogP contribution in [0.15, 0.2) is 42.7 Å². The molecule has 4 heteroatoms. The van der Waals surface area contributed by atoms with Crippen molar-refractivity contribution in [1.82, 2.24) is 9.78 Å². The molecule has 0 fully saturated rings. The lowest BCUT2D eigenvalue weighted by molar-refractivity contribution is 0.289. The lowest BCUT2D eigenvalue weighted by Gasteiger charge is -2.24. The zero-order chi connectivity index (χ0) is 14.2. The van der Waals surface area contributed by atoms with Crippen molar-refractivity contribution in [1.29, 1.82) is 0 Å². The quantitative estimate of drug-likeness (QED) is 0.802. The minimum atomic E-state index is 0.242. The Labute approximate surface area is 120 Å². The zero-order valence-electron chi connectivity index (χ0n) is 12.1. The molecule has 0 saturated carbocycles. The second-order valence-corrected chi connectivity index (χ2v) is 5.03. The summed E-state index contributed by atoms with van der Waals surface area (Å²) in [6.45, 7) is 2.14. The van der Waals surface area contributed by atoms with Crippen LogP contribution in [0.2, 0.25) is 0 Å². The van der Waals surface area contributed by atoms with E-state index in [2.05, 4.69) is 40.5 Å². The Bertz CT molecular complexity index is 495. The molecule has 20 heavy (non-hydrogen) atoms. The van der Waals surface area contributed by atoms with Gasteiger partial charge < -0.3 is 10.0 Å². The van der Waals surface area contributed by atoms with E-state index in [4.69, 9.17) is 5.11 Å². The van der Waals surface area contributed by atoms with Crippen LogP contribution in [0.1, 0.15) is 18.4 Å². The van der Waals surface area contributed by atoms with Crippen molar-refractivity contribution in [2.45, 2.75) is 19.3 Å². The fraction of sp³-hybridized carbons (Fsp3) is 0.438. The molecule has 2 rings (SSSR count). The topological polar surface area (TPSA) is 41.3 Å². The van der Waals surface area contributed by atoms with Gasteiger partial charge in [0.1, 0.15) is 0 Å². The minimum absolute atomic E-state index is 0.242. The number of anilines is 1. The molecule has 1 heterocycles. The maximum absolute atomic E-state index is 9.03. The van der Waals surface area contributed by atoms with Gasteiger partial charge >= 0.3 is 0 Å². The van der Waals surface area contributed by atoms with Gasteiger partial charge in [0.15, 0.2) is 0 Å². The van der Waals surface area contributed by atoms with Gasteiger partial charge in [0.25, 0.3) is 0 Å². The van der Waals surface area contributed by atoms with Crippen LogP contribution in [-0.4, -0.2) is 34.6 Å². The number of hydrogen-bond donors (Lipinski definition) is 1. The third-order valence-corrected chi connectivity index (χ3v) is 3.36. The predicted octanol–water partition coefficient (Wildman–Crippen LogP) is 2.24. The molecule has 0 unspecified atom stereocenters. The smallest absolute Gasteiger partial charge is 0.0521 e. The molecule has 0 atom stereocenters. The van der Waals surface area contributed by atoms with Crippen molar-refractivity contribution in [3.63, 3.8) is 0 Å². The fourth-order valence-corrected chi connectivity index (χ4v) is 2.35. The van der Waals surface area contributed by atoms with Crippen LogP contribution in [0.4, 0.5) is 5.69 Å². The van der Waals surface area contributed by atoms with E-state index in [9.17, 15) is 0 Å². The number of rotatable bonds is 8. The molecule has 0 aliphatic heterocycles. The summed E-state index contributed by atoms with van der Waals surface area (Å²) in [6.07, 6.45) is 6.94. The summed E-state index contributed by atoms with van der Waals surface area (Å²) in [7, 11) is 1.95. The molecule has 0 radical (unpaired) electrons. The van der Waals surface area contributed by atoms with Crippen LogP contribution >= 0.6 is 0 Å². The number of aliphatic hydroxyl groups is 1. The summed E-state index contributed by atoms with van der Waals surface area (Å²) >= 11 is 0. The first kappa shape index (κ1) is 14.6. The maximum atomic E-state index is 9.03. The third-order valence-electron chi connectivity index (χ3n) is 3.36. The molecule has 0 aliphatic rings. The van der Waals surface area contributed by atoms with E-state index in [1.807, 2.05) is 24.0 Å². The number of benzene rings is 1.